The van der Waals surface area contributed by atoms with E-state index in [1.807, 2.05) is 12.3 Å². The van der Waals surface area contributed by atoms with Crippen LogP contribution in [-0.2, 0) is 11.3 Å². The molecule has 0 aromatic carbocycles. The van der Waals surface area contributed by atoms with Gasteiger partial charge < -0.3 is 10.1 Å². The Balaban J connectivity index is 1.81. The predicted molar refractivity (Wildman–Crippen MR) is 62.6 cm³/mol. The van der Waals surface area contributed by atoms with Gasteiger partial charge in [0.15, 0.2) is 0 Å². The summed E-state index contributed by atoms with van der Waals surface area (Å²) in [6.07, 6.45) is 6.27. The summed E-state index contributed by atoms with van der Waals surface area (Å²) < 4.78 is 6.83. The lowest BCUT2D eigenvalue weighted by molar-refractivity contribution is 0.0211. The standard InChI is InChI=1S/C11H15BrN2O/c12-10-5-9(6-14-7-10)8-15-11-1-3-13-4-2-11/h5-7,11,13H,1-4,8H2. The van der Waals surface area contributed by atoms with Crippen LogP contribution in [-0.4, -0.2) is 24.2 Å². The molecule has 1 N–H and O–H groups in total. The SMILES string of the molecule is Brc1cncc(COC2CCNCC2)c1. The van der Waals surface area contributed by atoms with Crippen LogP contribution in [0.15, 0.2) is 22.9 Å². The smallest absolute Gasteiger partial charge is 0.0736 e. The highest BCUT2D eigenvalue weighted by Crippen LogP contribution is 2.13. The van der Waals surface area contributed by atoms with Crippen LogP contribution in [0.4, 0.5) is 0 Å². The first-order chi connectivity index (χ1) is 7.34. The average Bonchev–Trinajstić information content (AvgIpc) is 2.28. The second-order valence-corrected chi connectivity index (χ2v) is 4.69. The maximum atomic E-state index is 5.82. The van der Waals surface area contributed by atoms with Crippen LogP contribution >= 0.6 is 15.9 Å². The van der Waals surface area contributed by atoms with Crippen molar-refractivity contribution in [2.45, 2.75) is 25.6 Å². The Labute approximate surface area is 98.4 Å². The zero-order valence-electron chi connectivity index (χ0n) is 8.58. The monoisotopic (exact) mass is 270 g/mol. The lowest BCUT2D eigenvalue weighted by Crippen LogP contribution is -2.32. The van der Waals surface area contributed by atoms with Gasteiger partial charge in [-0.3, -0.25) is 4.98 Å². The number of nitrogens with one attached hydrogen (secondary N) is 1. The fourth-order valence-corrected chi connectivity index (χ4v) is 2.12. The number of hydrogen-bond acceptors (Lipinski definition) is 3. The van der Waals surface area contributed by atoms with Gasteiger partial charge in [0, 0.05) is 16.9 Å². The van der Waals surface area contributed by atoms with Crippen LogP contribution in [0.25, 0.3) is 0 Å². The number of rotatable bonds is 3. The summed E-state index contributed by atoms with van der Waals surface area (Å²) in [5.41, 5.74) is 1.13. The van der Waals surface area contributed by atoms with Crippen LogP contribution in [0.5, 0.6) is 0 Å². The van der Waals surface area contributed by atoms with Crippen molar-refractivity contribution >= 4 is 15.9 Å². The minimum absolute atomic E-state index is 0.408. The van der Waals surface area contributed by atoms with Gasteiger partial charge in [0.2, 0.25) is 0 Å². The maximum absolute atomic E-state index is 5.82. The Hall–Kier alpha value is -0.450. The molecule has 0 unspecified atom stereocenters. The van der Waals surface area contributed by atoms with Crippen molar-refractivity contribution in [2.75, 3.05) is 13.1 Å². The number of hydrogen-bond donors (Lipinski definition) is 1. The maximum Gasteiger partial charge on any atom is 0.0736 e. The average molecular weight is 271 g/mol. The third kappa shape index (κ3) is 3.55. The van der Waals surface area contributed by atoms with Gasteiger partial charge in [-0.15, -0.1) is 0 Å². The molecule has 0 spiro atoms. The van der Waals surface area contributed by atoms with Gasteiger partial charge in [-0.1, -0.05) is 0 Å². The molecular formula is C11H15BrN2O. The topological polar surface area (TPSA) is 34.1 Å². The van der Waals surface area contributed by atoms with Crippen LogP contribution in [0.3, 0.4) is 0 Å². The van der Waals surface area contributed by atoms with Gasteiger partial charge in [-0.2, -0.15) is 0 Å². The minimum Gasteiger partial charge on any atom is -0.373 e. The van der Waals surface area contributed by atoms with E-state index in [-0.39, 0.29) is 0 Å². The fraction of sp³-hybridized carbons (Fsp3) is 0.545. The molecule has 1 fully saturated rings. The minimum atomic E-state index is 0.408. The number of aromatic nitrogens is 1. The van der Waals surface area contributed by atoms with Crippen LogP contribution in [0.1, 0.15) is 18.4 Å². The Morgan fingerprint density at radius 3 is 2.93 bits per heavy atom. The summed E-state index contributed by atoms with van der Waals surface area (Å²) in [6.45, 7) is 2.81. The van der Waals surface area contributed by atoms with Crippen molar-refractivity contribution in [2.24, 2.45) is 0 Å². The predicted octanol–water partition coefficient (Wildman–Crippen LogP) is 2.11. The molecule has 0 radical (unpaired) electrons. The lowest BCUT2D eigenvalue weighted by atomic mass is 10.1. The number of ether oxygens (including phenoxy) is 1. The van der Waals surface area contributed by atoms with E-state index in [9.17, 15) is 0 Å². The Bertz CT molecular complexity index is 313. The van der Waals surface area contributed by atoms with E-state index in [0.29, 0.717) is 12.7 Å². The summed E-state index contributed by atoms with van der Waals surface area (Å²) in [5, 5.41) is 3.32. The number of piperidine rings is 1. The molecule has 0 amide bonds. The van der Waals surface area contributed by atoms with E-state index in [1.54, 1.807) is 6.20 Å². The molecule has 15 heavy (non-hydrogen) atoms. The lowest BCUT2D eigenvalue weighted by Gasteiger charge is -2.22. The summed E-state index contributed by atoms with van der Waals surface area (Å²) in [5.74, 6) is 0. The number of halogens is 1. The van der Waals surface area contributed by atoms with Crippen molar-refractivity contribution in [3.8, 4) is 0 Å². The molecule has 0 saturated carbocycles. The first-order valence-electron chi connectivity index (χ1n) is 5.26. The Kier molecular flexibility index (Phi) is 4.11. The van der Waals surface area contributed by atoms with Crippen molar-refractivity contribution < 1.29 is 4.74 Å². The molecule has 0 aliphatic carbocycles. The molecule has 2 heterocycles. The molecular weight excluding hydrogens is 256 g/mol. The summed E-state index contributed by atoms with van der Waals surface area (Å²) in [7, 11) is 0. The first-order valence-corrected chi connectivity index (χ1v) is 6.05. The third-order valence-electron chi connectivity index (χ3n) is 2.53. The molecule has 4 heteroatoms. The van der Waals surface area contributed by atoms with E-state index in [0.717, 1.165) is 36.0 Å². The molecule has 1 saturated heterocycles. The zero-order chi connectivity index (χ0) is 10.5. The molecule has 82 valence electrons. The van der Waals surface area contributed by atoms with Gasteiger partial charge >= 0.3 is 0 Å². The van der Waals surface area contributed by atoms with Gasteiger partial charge in [0.05, 0.1) is 12.7 Å². The summed E-state index contributed by atoms with van der Waals surface area (Å²) in [6, 6.07) is 2.05. The van der Waals surface area contributed by atoms with E-state index in [1.165, 1.54) is 0 Å². The van der Waals surface area contributed by atoms with E-state index in [2.05, 4.69) is 26.2 Å². The molecule has 1 aromatic rings. The largest absolute Gasteiger partial charge is 0.373 e. The highest BCUT2D eigenvalue weighted by molar-refractivity contribution is 9.10. The van der Waals surface area contributed by atoms with Crippen LogP contribution in [0, 0.1) is 0 Å². The highest BCUT2D eigenvalue weighted by Gasteiger charge is 2.12. The van der Waals surface area contributed by atoms with Crippen molar-refractivity contribution in [3.63, 3.8) is 0 Å². The Morgan fingerprint density at radius 2 is 2.20 bits per heavy atom. The summed E-state index contributed by atoms with van der Waals surface area (Å²) >= 11 is 3.40. The van der Waals surface area contributed by atoms with E-state index >= 15 is 0 Å². The van der Waals surface area contributed by atoms with Gasteiger partial charge in [0.1, 0.15) is 0 Å². The second kappa shape index (κ2) is 5.58. The van der Waals surface area contributed by atoms with Crippen molar-refractivity contribution in [3.05, 3.63) is 28.5 Å². The molecule has 0 atom stereocenters. The first kappa shape index (κ1) is 11.0. The Morgan fingerprint density at radius 1 is 1.40 bits per heavy atom. The quantitative estimate of drug-likeness (QED) is 0.914. The normalized spacial score (nSPS) is 17.9. The fourth-order valence-electron chi connectivity index (χ4n) is 1.71. The van der Waals surface area contributed by atoms with Gasteiger partial charge in [-0.25, -0.2) is 0 Å². The third-order valence-corrected chi connectivity index (χ3v) is 2.97. The van der Waals surface area contributed by atoms with E-state index in [4.69, 9.17) is 4.74 Å². The molecule has 1 aromatic heterocycles. The molecule has 1 aliphatic rings. The second-order valence-electron chi connectivity index (χ2n) is 3.77. The molecule has 2 rings (SSSR count). The highest BCUT2D eigenvalue weighted by atomic mass is 79.9. The number of pyridine rings is 1. The van der Waals surface area contributed by atoms with Gasteiger partial charge in [0.25, 0.3) is 0 Å². The molecule has 0 bridgehead atoms. The summed E-state index contributed by atoms with van der Waals surface area (Å²) in [4.78, 5) is 4.11. The van der Waals surface area contributed by atoms with Crippen molar-refractivity contribution in [1.82, 2.24) is 10.3 Å². The van der Waals surface area contributed by atoms with Crippen LogP contribution in [0.2, 0.25) is 0 Å². The molecule has 1 aliphatic heterocycles. The number of nitrogens with zero attached hydrogens (tertiary/aromatic N) is 1. The molecule has 3 nitrogen and oxygen atoms in total. The van der Waals surface area contributed by atoms with Crippen molar-refractivity contribution in [1.29, 1.82) is 0 Å². The van der Waals surface area contributed by atoms with Gasteiger partial charge in [-0.05, 0) is 53.5 Å². The zero-order valence-corrected chi connectivity index (χ0v) is 10.2. The van der Waals surface area contributed by atoms with Crippen LogP contribution < -0.4 is 5.32 Å². The van der Waals surface area contributed by atoms with E-state index < -0.39 is 0 Å².